The summed E-state index contributed by atoms with van der Waals surface area (Å²) in [5.74, 6) is 0.107. The molecule has 2 rings (SSSR count). The van der Waals surface area contributed by atoms with Crippen LogP contribution in [0.1, 0.15) is 31.6 Å². The Balaban J connectivity index is 2.08. The van der Waals surface area contributed by atoms with Gasteiger partial charge in [-0.15, -0.1) is 11.3 Å². The van der Waals surface area contributed by atoms with Crippen molar-refractivity contribution in [3.8, 4) is 0 Å². The van der Waals surface area contributed by atoms with Crippen molar-refractivity contribution in [3.63, 3.8) is 0 Å². The van der Waals surface area contributed by atoms with Gasteiger partial charge in [-0.25, -0.2) is 0 Å². The number of hydrogen-bond acceptors (Lipinski definition) is 3. The summed E-state index contributed by atoms with van der Waals surface area (Å²) in [6, 6.07) is 4.28. The minimum Gasteiger partial charge on any atom is -0.334 e. The second kappa shape index (κ2) is 4.18. The van der Waals surface area contributed by atoms with Gasteiger partial charge in [0.1, 0.15) is 0 Å². The van der Waals surface area contributed by atoms with Gasteiger partial charge in [0.2, 0.25) is 5.91 Å². The van der Waals surface area contributed by atoms with Crippen molar-refractivity contribution in [2.24, 2.45) is 5.73 Å². The van der Waals surface area contributed by atoms with Crippen LogP contribution in [0.3, 0.4) is 0 Å². The Labute approximate surface area is 100 Å². The molecule has 1 aliphatic rings. The molecule has 16 heavy (non-hydrogen) atoms. The fourth-order valence-electron chi connectivity index (χ4n) is 1.69. The zero-order chi connectivity index (χ0) is 11.8. The van der Waals surface area contributed by atoms with Gasteiger partial charge < -0.3 is 10.6 Å². The molecule has 1 heterocycles. The van der Waals surface area contributed by atoms with Crippen LogP contribution >= 0.6 is 11.3 Å². The largest absolute Gasteiger partial charge is 0.334 e. The average molecular weight is 238 g/mol. The first-order valence-electron chi connectivity index (χ1n) is 5.65. The summed E-state index contributed by atoms with van der Waals surface area (Å²) in [4.78, 5) is 15.3. The van der Waals surface area contributed by atoms with Crippen LogP contribution in [0.15, 0.2) is 17.5 Å². The topological polar surface area (TPSA) is 46.3 Å². The molecule has 0 spiro atoms. The van der Waals surface area contributed by atoms with Crippen LogP contribution in [-0.2, 0) is 11.3 Å². The molecule has 0 saturated heterocycles. The van der Waals surface area contributed by atoms with Crippen molar-refractivity contribution in [2.75, 3.05) is 0 Å². The number of hydrogen-bond donors (Lipinski definition) is 1. The molecular weight excluding hydrogens is 220 g/mol. The van der Waals surface area contributed by atoms with Crippen LogP contribution in [0.4, 0.5) is 0 Å². The molecule has 1 saturated carbocycles. The molecule has 3 nitrogen and oxygen atoms in total. The van der Waals surface area contributed by atoms with E-state index < -0.39 is 5.54 Å². The highest BCUT2D eigenvalue weighted by Crippen LogP contribution is 2.35. The minimum atomic E-state index is -0.554. The van der Waals surface area contributed by atoms with Crippen LogP contribution in [-0.4, -0.2) is 22.4 Å². The molecule has 1 aromatic heterocycles. The van der Waals surface area contributed by atoms with Gasteiger partial charge in [0.05, 0.1) is 12.1 Å². The lowest BCUT2D eigenvalue weighted by Crippen LogP contribution is -2.48. The third-order valence-electron chi connectivity index (χ3n) is 3.01. The summed E-state index contributed by atoms with van der Waals surface area (Å²) in [7, 11) is 0. The van der Waals surface area contributed by atoms with Gasteiger partial charge in [-0.2, -0.15) is 0 Å². The maximum absolute atomic E-state index is 12.2. The maximum atomic E-state index is 12.2. The second-order valence-corrected chi connectivity index (χ2v) is 5.79. The summed E-state index contributed by atoms with van der Waals surface area (Å²) >= 11 is 1.68. The van der Waals surface area contributed by atoms with Crippen LogP contribution in [0, 0.1) is 0 Å². The predicted molar refractivity (Wildman–Crippen MR) is 66.2 cm³/mol. The van der Waals surface area contributed by atoms with E-state index in [2.05, 4.69) is 6.07 Å². The molecule has 1 amide bonds. The first-order chi connectivity index (χ1) is 7.53. The van der Waals surface area contributed by atoms with E-state index >= 15 is 0 Å². The van der Waals surface area contributed by atoms with E-state index in [1.807, 2.05) is 30.2 Å². The average Bonchev–Trinajstić information content (AvgIpc) is 2.80. The van der Waals surface area contributed by atoms with Crippen molar-refractivity contribution in [2.45, 2.75) is 44.8 Å². The lowest BCUT2D eigenvalue weighted by molar-refractivity contribution is -0.136. The molecule has 1 aliphatic carbocycles. The van der Waals surface area contributed by atoms with Crippen LogP contribution < -0.4 is 5.73 Å². The molecule has 4 heteroatoms. The Morgan fingerprint density at radius 1 is 1.62 bits per heavy atom. The Morgan fingerprint density at radius 2 is 2.31 bits per heavy atom. The molecule has 0 radical (unpaired) electrons. The highest BCUT2D eigenvalue weighted by molar-refractivity contribution is 7.09. The van der Waals surface area contributed by atoms with Crippen LogP contribution in [0.2, 0.25) is 0 Å². The highest BCUT2D eigenvalue weighted by Gasteiger charge is 2.48. The van der Waals surface area contributed by atoms with Crippen molar-refractivity contribution < 1.29 is 4.79 Å². The summed E-state index contributed by atoms with van der Waals surface area (Å²) in [5.41, 5.74) is 5.42. The van der Waals surface area contributed by atoms with E-state index in [0.29, 0.717) is 6.54 Å². The monoisotopic (exact) mass is 238 g/mol. The van der Waals surface area contributed by atoms with Gasteiger partial charge in [-0.05, 0) is 38.1 Å². The normalized spacial score (nSPS) is 17.5. The van der Waals surface area contributed by atoms with Crippen LogP contribution in [0.25, 0.3) is 0 Å². The lowest BCUT2D eigenvalue weighted by atomic mass is 10.2. The Hall–Kier alpha value is -0.870. The zero-order valence-electron chi connectivity index (χ0n) is 9.77. The van der Waals surface area contributed by atoms with E-state index in [9.17, 15) is 4.79 Å². The predicted octanol–water partition coefficient (Wildman–Crippen LogP) is 1.98. The molecule has 2 N–H and O–H groups in total. The summed E-state index contributed by atoms with van der Waals surface area (Å²) < 4.78 is 0. The molecule has 0 aromatic carbocycles. The molecule has 1 aromatic rings. The van der Waals surface area contributed by atoms with Gasteiger partial charge in [0.25, 0.3) is 0 Å². The third-order valence-corrected chi connectivity index (χ3v) is 3.87. The van der Waals surface area contributed by atoms with Crippen molar-refractivity contribution in [1.82, 2.24) is 4.90 Å². The smallest absolute Gasteiger partial charge is 0.243 e. The molecule has 1 fully saturated rings. The molecule has 0 bridgehead atoms. The van der Waals surface area contributed by atoms with E-state index in [1.54, 1.807) is 11.3 Å². The fraction of sp³-hybridized carbons (Fsp3) is 0.583. The first-order valence-corrected chi connectivity index (χ1v) is 6.53. The number of carbonyl (C=O) groups is 1. The summed E-state index contributed by atoms with van der Waals surface area (Å²) in [6.07, 6.45) is 1.67. The third kappa shape index (κ3) is 2.28. The molecular formula is C12H18N2OS. The number of rotatable bonds is 4. The molecule has 0 unspecified atom stereocenters. The summed E-state index contributed by atoms with van der Waals surface area (Å²) in [6.45, 7) is 4.77. The number of nitrogens with two attached hydrogens (primary N) is 1. The number of thiophene rings is 1. The second-order valence-electron chi connectivity index (χ2n) is 4.76. The first kappa shape index (κ1) is 11.6. The van der Waals surface area contributed by atoms with Gasteiger partial charge in [0.15, 0.2) is 0 Å². The van der Waals surface area contributed by atoms with E-state index in [-0.39, 0.29) is 11.9 Å². The van der Waals surface area contributed by atoms with Crippen LogP contribution in [0.5, 0.6) is 0 Å². The molecule has 0 aliphatic heterocycles. The van der Waals surface area contributed by atoms with Crippen molar-refractivity contribution in [3.05, 3.63) is 22.4 Å². The van der Waals surface area contributed by atoms with Gasteiger partial charge in [-0.1, -0.05) is 6.07 Å². The number of nitrogens with zero attached hydrogens (tertiary/aromatic N) is 1. The maximum Gasteiger partial charge on any atom is 0.243 e. The van der Waals surface area contributed by atoms with E-state index in [0.717, 1.165) is 12.8 Å². The Bertz CT molecular complexity index is 368. The quantitative estimate of drug-likeness (QED) is 0.871. The standard InChI is InChI=1S/C12H18N2OS/c1-9(2)14(8-10-4-3-7-16-10)11(15)12(13)5-6-12/h3-4,7,9H,5-6,8,13H2,1-2H3. The van der Waals surface area contributed by atoms with Gasteiger partial charge in [-0.3, -0.25) is 4.79 Å². The van der Waals surface area contributed by atoms with Gasteiger partial charge in [0, 0.05) is 10.9 Å². The lowest BCUT2D eigenvalue weighted by Gasteiger charge is -2.29. The summed E-state index contributed by atoms with van der Waals surface area (Å²) in [5, 5.41) is 2.04. The molecule has 88 valence electrons. The Kier molecular flexibility index (Phi) is 3.04. The van der Waals surface area contributed by atoms with Gasteiger partial charge >= 0.3 is 0 Å². The number of carbonyl (C=O) groups excluding carboxylic acids is 1. The zero-order valence-corrected chi connectivity index (χ0v) is 10.6. The number of amides is 1. The minimum absolute atomic E-state index is 0.107. The highest BCUT2D eigenvalue weighted by atomic mass is 32.1. The Morgan fingerprint density at radius 3 is 2.75 bits per heavy atom. The van der Waals surface area contributed by atoms with E-state index in [4.69, 9.17) is 5.73 Å². The SMILES string of the molecule is CC(C)N(Cc1cccs1)C(=O)C1(N)CC1. The van der Waals surface area contributed by atoms with E-state index in [1.165, 1.54) is 4.88 Å². The van der Waals surface area contributed by atoms with Crippen molar-refractivity contribution >= 4 is 17.2 Å². The molecule has 0 atom stereocenters. The fourth-order valence-corrected chi connectivity index (χ4v) is 2.40. The van der Waals surface area contributed by atoms with Crippen molar-refractivity contribution in [1.29, 1.82) is 0 Å².